The molecule has 10 heteroatoms. The zero-order valence-electron chi connectivity index (χ0n) is 4.12. The van der Waals surface area contributed by atoms with E-state index in [4.69, 9.17) is 15.9 Å². The number of hydrogen-bond donors (Lipinski definition) is 2. The van der Waals surface area contributed by atoms with Crippen LogP contribution in [0, 0.1) is 0 Å². The van der Waals surface area contributed by atoms with Gasteiger partial charge in [0.05, 0.1) is 0 Å². The summed E-state index contributed by atoms with van der Waals surface area (Å²) in [6.07, 6.45) is 0. The predicted octanol–water partition coefficient (Wildman–Crippen LogP) is -5.30. The van der Waals surface area contributed by atoms with Gasteiger partial charge in [-0.1, -0.05) is 0 Å². The molecule has 0 heterocycles. The summed E-state index contributed by atoms with van der Waals surface area (Å²) in [5.74, 6) is 0. The summed E-state index contributed by atoms with van der Waals surface area (Å²) < 4.78 is 31.9. The first-order valence-electron chi connectivity index (χ1n) is 0.698. The molecular weight excluding hydrogens is 203 g/mol. The molecule has 0 aliphatic carbocycles. The molecule has 66 valence electrons. The Morgan fingerprint density at radius 3 is 0.800 bits per heavy atom. The minimum atomic E-state index is -5.25. The Hall–Kier alpha value is 0.892. The number of hydrogen-bond acceptors (Lipinski definition) is 2. The van der Waals surface area contributed by atoms with Crippen molar-refractivity contribution in [3.05, 3.63) is 0 Å². The average molecular weight is 214 g/mol. The zero-order chi connectivity index (χ0) is 4.50. The van der Waals surface area contributed by atoms with Crippen LogP contribution in [0.15, 0.2) is 0 Å². The fourth-order valence-corrected chi connectivity index (χ4v) is 0. The normalized spacial score (nSPS) is 5.80. The van der Waals surface area contributed by atoms with Gasteiger partial charge in [-0.05, 0) is 0 Å². The Bertz CT molecular complexity index is 92.4. The van der Waals surface area contributed by atoms with Crippen LogP contribution in [0.2, 0.25) is 0 Å². The van der Waals surface area contributed by atoms with Crippen LogP contribution in [-0.2, 0) is 21.2 Å². The summed E-state index contributed by atoms with van der Waals surface area (Å²) in [7, 11) is 0. The van der Waals surface area contributed by atoms with Crippen LogP contribution in [0.25, 0.3) is 0 Å². The molecule has 0 rings (SSSR count). The monoisotopic (exact) mass is 214 g/mol. The van der Waals surface area contributed by atoms with Crippen molar-refractivity contribution in [2.75, 3.05) is 0 Å². The van der Waals surface area contributed by atoms with E-state index in [-0.39, 0.29) is 51.5 Å². The Kier molecular flexibility index (Phi) is 73.3. The molecule has 0 amide bonds. The molecule has 0 aliphatic rings. The molecule has 10 heavy (non-hydrogen) atoms. The third-order valence-electron chi connectivity index (χ3n) is 0. The molecule has 0 aromatic heterocycles. The molecule has 0 radical (unpaired) electrons. The Labute approximate surface area is 80.8 Å². The molecule has 0 unspecified atom stereocenters. The fourth-order valence-electron chi connectivity index (χ4n) is 0. The zero-order valence-corrected chi connectivity index (χ0v) is 5.39. The topological polar surface area (TPSA) is 201 Å². The van der Waals surface area contributed by atoms with Crippen molar-refractivity contribution in [1.29, 1.82) is 0 Å². The summed E-state index contributed by atoms with van der Waals surface area (Å²) in [6.45, 7) is 0. The van der Waals surface area contributed by atoms with Gasteiger partial charge in [0.1, 0.15) is 0 Å². The van der Waals surface area contributed by atoms with E-state index in [1.807, 2.05) is 0 Å². The molecule has 0 aromatic rings. The van der Waals surface area contributed by atoms with Crippen molar-refractivity contribution < 1.29 is 51.4 Å². The fraction of sp³-hybridized carbons (Fsp3) is 0. The molecule has 0 saturated heterocycles. The molecular formula is H11CrNaO8. The molecule has 0 spiro atoms. The molecule has 0 atom stereocenters. The average Bonchev–Trinajstić information content (AvgIpc) is 0.722. The van der Waals surface area contributed by atoms with E-state index in [0.29, 0.717) is 0 Å². The van der Waals surface area contributed by atoms with Crippen LogP contribution in [0.4, 0.5) is 0 Å². The van der Waals surface area contributed by atoms with Gasteiger partial charge in [0, 0.05) is 0 Å². The van der Waals surface area contributed by atoms with Gasteiger partial charge in [0.15, 0.2) is 0 Å². The summed E-state index contributed by atoms with van der Waals surface area (Å²) in [5.41, 5.74) is 0. The van der Waals surface area contributed by atoms with Crippen molar-refractivity contribution in [1.82, 2.24) is 0 Å². The van der Waals surface area contributed by atoms with E-state index in [1.54, 1.807) is 0 Å². The summed E-state index contributed by atoms with van der Waals surface area (Å²) in [4.78, 5) is 0. The Morgan fingerprint density at radius 2 is 0.800 bits per heavy atom. The quantitative estimate of drug-likeness (QED) is 0.379. The molecule has 0 aromatic carbocycles. The van der Waals surface area contributed by atoms with E-state index >= 15 is 0 Å². The molecule has 8 nitrogen and oxygen atoms in total. The van der Waals surface area contributed by atoms with Crippen molar-refractivity contribution in [3.8, 4) is 0 Å². The van der Waals surface area contributed by atoms with E-state index in [1.165, 1.54) is 0 Å². The second-order valence-electron chi connectivity index (χ2n) is 0.448. The summed E-state index contributed by atoms with van der Waals surface area (Å²) in [5, 5.41) is 0. The van der Waals surface area contributed by atoms with Gasteiger partial charge < -0.3 is 21.9 Å². The minimum absolute atomic E-state index is 0. The first-order chi connectivity index (χ1) is 2.00. The van der Waals surface area contributed by atoms with Crippen LogP contribution >= 0.6 is 0 Å². The van der Waals surface area contributed by atoms with Crippen molar-refractivity contribution in [3.63, 3.8) is 0 Å². The van der Waals surface area contributed by atoms with E-state index in [2.05, 4.69) is 0 Å². The van der Waals surface area contributed by atoms with Crippen molar-refractivity contribution >= 4 is 29.6 Å². The summed E-state index contributed by atoms with van der Waals surface area (Å²) in [6, 6.07) is 0. The summed E-state index contributed by atoms with van der Waals surface area (Å²) >= 11 is -5.25. The van der Waals surface area contributed by atoms with Crippen molar-refractivity contribution in [2.45, 2.75) is 0 Å². The molecule has 10 N–H and O–H groups in total. The Balaban J connectivity index is -0.00000000800. The standard InChI is InChI=1S/Cr.Na.6H2O.2O.H/h;;6*1H2;;;/q+2;;;;;;;;;;/p-2. The molecule has 0 fully saturated rings. The second-order valence-corrected chi connectivity index (χ2v) is 1.85. The van der Waals surface area contributed by atoms with Gasteiger partial charge in [-0.2, -0.15) is 0 Å². The van der Waals surface area contributed by atoms with Crippen molar-refractivity contribution in [2.24, 2.45) is 0 Å². The predicted molar refractivity (Wildman–Crippen MR) is 27.4 cm³/mol. The maximum atomic E-state index is 8.82. The van der Waals surface area contributed by atoms with Crippen LogP contribution in [0.5, 0.6) is 0 Å². The van der Waals surface area contributed by atoms with Crippen LogP contribution < -0.4 is 0 Å². The molecule has 0 saturated carbocycles. The van der Waals surface area contributed by atoms with E-state index in [9.17, 15) is 0 Å². The van der Waals surface area contributed by atoms with Gasteiger partial charge in [-0.25, -0.2) is 0 Å². The van der Waals surface area contributed by atoms with Crippen LogP contribution in [-0.4, -0.2) is 59.8 Å². The number of rotatable bonds is 0. The van der Waals surface area contributed by atoms with Gasteiger partial charge in [0.25, 0.3) is 0 Å². The second kappa shape index (κ2) is 16.5. The van der Waals surface area contributed by atoms with E-state index in [0.717, 1.165) is 0 Å². The van der Waals surface area contributed by atoms with Gasteiger partial charge >= 0.3 is 59.1 Å². The third-order valence-corrected chi connectivity index (χ3v) is 0. The first-order valence-corrected chi connectivity index (χ1v) is 2.88. The van der Waals surface area contributed by atoms with Gasteiger partial charge in [-0.3, -0.25) is 0 Å². The van der Waals surface area contributed by atoms with Gasteiger partial charge in [-0.15, -0.1) is 0 Å². The third kappa shape index (κ3) is 695. The SMILES string of the molecule is O.O.O.O.[NaH].[O]=[Cr](=[O])([OH])[OH]. The first kappa shape index (κ1) is 44.5. The van der Waals surface area contributed by atoms with Crippen LogP contribution in [0.1, 0.15) is 0 Å². The van der Waals surface area contributed by atoms with Gasteiger partial charge in [0.2, 0.25) is 0 Å². The Morgan fingerprint density at radius 1 is 0.800 bits per heavy atom. The molecule has 0 aliphatic heterocycles. The maximum absolute atomic E-state index is 8.82. The van der Waals surface area contributed by atoms with Crippen LogP contribution in [0.3, 0.4) is 0 Å². The molecule has 0 bridgehead atoms. The van der Waals surface area contributed by atoms with E-state index < -0.39 is 13.6 Å².